The predicted molar refractivity (Wildman–Crippen MR) is 79.5 cm³/mol. The zero-order valence-corrected chi connectivity index (χ0v) is 11.2. The van der Waals surface area contributed by atoms with Crippen molar-refractivity contribution in [1.82, 2.24) is 0 Å². The first-order valence-electron chi connectivity index (χ1n) is 6.31. The number of carbonyl (C=O) groups is 1. The van der Waals surface area contributed by atoms with Gasteiger partial charge < -0.3 is 10.6 Å². The normalized spacial score (nSPS) is 10.0. The molecule has 0 unspecified atom stereocenters. The molecule has 0 heterocycles. The molecule has 19 heavy (non-hydrogen) atoms. The number of nitrogens with one attached hydrogen (secondary N) is 2. The summed E-state index contributed by atoms with van der Waals surface area (Å²) in [7, 11) is 0. The van der Waals surface area contributed by atoms with Crippen LogP contribution in [0.2, 0.25) is 0 Å². The van der Waals surface area contributed by atoms with Crippen molar-refractivity contribution in [1.29, 1.82) is 0 Å². The lowest BCUT2D eigenvalue weighted by Gasteiger charge is -2.09. The maximum absolute atomic E-state index is 11.8. The first-order chi connectivity index (χ1) is 9.15. The lowest BCUT2D eigenvalue weighted by molar-refractivity contribution is -0.114. The van der Waals surface area contributed by atoms with Gasteiger partial charge in [-0.3, -0.25) is 4.79 Å². The fourth-order valence-electron chi connectivity index (χ4n) is 1.76. The summed E-state index contributed by atoms with van der Waals surface area (Å²) >= 11 is 0. The molecule has 3 nitrogen and oxygen atoms in total. The molecule has 1 amide bonds. The summed E-state index contributed by atoms with van der Waals surface area (Å²) in [5, 5.41) is 5.96. The highest BCUT2D eigenvalue weighted by molar-refractivity contribution is 5.93. The van der Waals surface area contributed by atoms with Crippen molar-refractivity contribution in [3.05, 3.63) is 59.7 Å². The molecule has 0 bridgehead atoms. The van der Waals surface area contributed by atoms with Gasteiger partial charge in [0.15, 0.2) is 0 Å². The van der Waals surface area contributed by atoms with E-state index in [1.165, 1.54) is 11.1 Å². The molecule has 2 rings (SSSR count). The van der Waals surface area contributed by atoms with Crippen LogP contribution in [0.25, 0.3) is 0 Å². The number of hydrogen-bond donors (Lipinski definition) is 2. The Hall–Kier alpha value is -2.29. The van der Waals surface area contributed by atoms with Crippen LogP contribution in [0, 0.1) is 13.8 Å². The maximum Gasteiger partial charge on any atom is 0.243 e. The van der Waals surface area contributed by atoms with Crippen LogP contribution in [-0.4, -0.2) is 12.5 Å². The Morgan fingerprint density at radius 3 is 2.37 bits per heavy atom. The molecular weight excluding hydrogens is 236 g/mol. The van der Waals surface area contributed by atoms with Crippen LogP contribution < -0.4 is 10.6 Å². The lowest BCUT2D eigenvalue weighted by Crippen LogP contribution is -2.21. The van der Waals surface area contributed by atoms with E-state index in [-0.39, 0.29) is 12.5 Å². The van der Waals surface area contributed by atoms with E-state index in [4.69, 9.17) is 0 Å². The summed E-state index contributed by atoms with van der Waals surface area (Å²) in [6.45, 7) is 4.35. The largest absolute Gasteiger partial charge is 0.376 e. The average molecular weight is 254 g/mol. The molecule has 3 heteroatoms. The van der Waals surface area contributed by atoms with Crippen LogP contribution in [0.5, 0.6) is 0 Å². The van der Waals surface area contributed by atoms with Gasteiger partial charge in [0.25, 0.3) is 0 Å². The van der Waals surface area contributed by atoms with E-state index in [1.54, 1.807) is 0 Å². The van der Waals surface area contributed by atoms with Gasteiger partial charge in [-0.05, 0) is 49.2 Å². The van der Waals surface area contributed by atoms with Gasteiger partial charge in [-0.15, -0.1) is 0 Å². The van der Waals surface area contributed by atoms with Crippen LogP contribution in [-0.2, 0) is 4.79 Å². The highest BCUT2D eigenvalue weighted by Gasteiger charge is 2.03. The Bertz CT molecular complexity index is 564. The van der Waals surface area contributed by atoms with Crippen LogP contribution in [0.3, 0.4) is 0 Å². The first-order valence-corrected chi connectivity index (χ1v) is 6.31. The number of aryl methyl sites for hydroxylation is 2. The minimum atomic E-state index is -0.0490. The lowest BCUT2D eigenvalue weighted by atomic mass is 10.1. The van der Waals surface area contributed by atoms with Crippen LogP contribution in [0.4, 0.5) is 11.4 Å². The van der Waals surface area contributed by atoms with Gasteiger partial charge in [-0.25, -0.2) is 0 Å². The second-order valence-corrected chi connectivity index (χ2v) is 4.57. The van der Waals surface area contributed by atoms with Crippen molar-refractivity contribution >= 4 is 17.3 Å². The third kappa shape index (κ3) is 3.85. The SMILES string of the molecule is Cc1ccc(NC(=O)CNc2ccccc2)cc1C. The topological polar surface area (TPSA) is 41.1 Å². The highest BCUT2D eigenvalue weighted by Crippen LogP contribution is 2.14. The molecule has 0 saturated carbocycles. The van der Waals surface area contributed by atoms with E-state index in [2.05, 4.69) is 17.6 Å². The van der Waals surface area contributed by atoms with E-state index in [9.17, 15) is 4.79 Å². The number of benzene rings is 2. The molecule has 0 aromatic heterocycles. The summed E-state index contributed by atoms with van der Waals surface area (Å²) in [4.78, 5) is 11.8. The van der Waals surface area contributed by atoms with E-state index < -0.39 is 0 Å². The van der Waals surface area contributed by atoms with Gasteiger partial charge in [-0.2, -0.15) is 0 Å². The molecule has 98 valence electrons. The molecule has 2 aromatic rings. The second-order valence-electron chi connectivity index (χ2n) is 4.57. The summed E-state index contributed by atoms with van der Waals surface area (Å²) in [6.07, 6.45) is 0. The van der Waals surface area contributed by atoms with E-state index >= 15 is 0 Å². The number of rotatable bonds is 4. The van der Waals surface area contributed by atoms with Gasteiger partial charge in [0.05, 0.1) is 6.54 Å². The molecule has 2 N–H and O–H groups in total. The third-order valence-electron chi connectivity index (χ3n) is 3.02. The molecule has 0 fully saturated rings. The molecule has 0 atom stereocenters. The fourth-order valence-corrected chi connectivity index (χ4v) is 1.76. The van der Waals surface area contributed by atoms with Crippen molar-refractivity contribution in [3.63, 3.8) is 0 Å². The Balaban J connectivity index is 1.89. The van der Waals surface area contributed by atoms with E-state index in [0.717, 1.165) is 11.4 Å². The van der Waals surface area contributed by atoms with Gasteiger partial charge >= 0.3 is 0 Å². The van der Waals surface area contributed by atoms with E-state index in [1.807, 2.05) is 55.5 Å². The summed E-state index contributed by atoms with van der Waals surface area (Å²) in [6, 6.07) is 15.6. The average Bonchev–Trinajstić information content (AvgIpc) is 2.42. The summed E-state index contributed by atoms with van der Waals surface area (Å²) in [5.74, 6) is -0.0490. The molecule has 0 spiro atoms. The maximum atomic E-state index is 11.8. The summed E-state index contributed by atoms with van der Waals surface area (Å²) in [5.41, 5.74) is 4.18. The summed E-state index contributed by atoms with van der Waals surface area (Å²) < 4.78 is 0. The number of amides is 1. The van der Waals surface area contributed by atoms with Crippen LogP contribution >= 0.6 is 0 Å². The van der Waals surface area contributed by atoms with Gasteiger partial charge in [0.1, 0.15) is 0 Å². The minimum absolute atomic E-state index is 0.0490. The molecular formula is C16H18N2O. The third-order valence-corrected chi connectivity index (χ3v) is 3.02. The van der Waals surface area contributed by atoms with Gasteiger partial charge in [0, 0.05) is 11.4 Å². The number of carbonyl (C=O) groups excluding carboxylic acids is 1. The molecule has 0 radical (unpaired) electrons. The molecule has 2 aromatic carbocycles. The zero-order valence-electron chi connectivity index (χ0n) is 11.2. The Morgan fingerprint density at radius 2 is 1.68 bits per heavy atom. The monoisotopic (exact) mass is 254 g/mol. The zero-order chi connectivity index (χ0) is 13.7. The molecule has 0 aliphatic rings. The molecule has 0 aliphatic carbocycles. The molecule has 0 aliphatic heterocycles. The van der Waals surface area contributed by atoms with Crippen molar-refractivity contribution in [2.24, 2.45) is 0 Å². The highest BCUT2D eigenvalue weighted by atomic mass is 16.1. The van der Waals surface area contributed by atoms with Crippen molar-refractivity contribution in [2.45, 2.75) is 13.8 Å². The standard InChI is InChI=1S/C16H18N2O/c1-12-8-9-15(10-13(12)2)18-16(19)11-17-14-6-4-3-5-7-14/h3-10,17H,11H2,1-2H3,(H,18,19). The van der Waals surface area contributed by atoms with Crippen LogP contribution in [0.15, 0.2) is 48.5 Å². The Labute approximate surface area is 113 Å². The van der Waals surface area contributed by atoms with Crippen LogP contribution in [0.1, 0.15) is 11.1 Å². The van der Waals surface area contributed by atoms with Gasteiger partial charge in [0.2, 0.25) is 5.91 Å². The first kappa shape index (κ1) is 13.1. The smallest absolute Gasteiger partial charge is 0.243 e. The fraction of sp³-hybridized carbons (Fsp3) is 0.188. The number of hydrogen-bond acceptors (Lipinski definition) is 2. The minimum Gasteiger partial charge on any atom is -0.376 e. The Morgan fingerprint density at radius 1 is 0.947 bits per heavy atom. The quantitative estimate of drug-likeness (QED) is 0.878. The van der Waals surface area contributed by atoms with Crippen molar-refractivity contribution in [3.8, 4) is 0 Å². The van der Waals surface area contributed by atoms with Gasteiger partial charge in [-0.1, -0.05) is 24.3 Å². The predicted octanol–water partition coefficient (Wildman–Crippen LogP) is 3.35. The number of anilines is 2. The second kappa shape index (κ2) is 6.05. The van der Waals surface area contributed by atoms with E-state index in [0.29, 0.717) is 0 Å². The number of para-hydroxylation sites is 1. The Kier molecular flexibility index (Phi) is 4.18. The van der Waals surface area contributed by atoms with Crippen molar-refractivity contribution in [2.75, 3.05) is 17.2 Å². The van der Waals surface area contributed by atoms with Crippen molar-refractivity contribution < 1.29 is 4.79 Å². The molecule has 0 saturated heterocycles.